The van der Waals surface area contributed by atoms with Gasteiger partial charge in [-0.2, -0.15) is 5.26 Å². The summed E-state index contributed by atoms with van der Waals surface area (Å²) in [6.07, 6.45) is 0. The third-order valence-corrected chi connectivity index (χ3v) is 3.46. The molecule has 0 aromatic heterocycles. The summed E-state index contributed by atoms with van der Waals surface area (Å²) in [5.41, 5.74) is 2.90. The monoisotopic (exact) mass is 348 g/mol. The molecule has 0 saturated heterocycles. The lowest BCUT2D eigenvalue weighted by atomic mass is 10.1. The average molecular weight is 348 g/mol. The third kappa shape index (κ3) is 3.23. The third-order valence-electron chi connectivity index (χ3n) is 2.74. The largest absolute Gasteiger partial charge is 0.379 e. The lowest BCUT2D eigenvalue weighted by Crippen LogP contribution is -2.06. The Balaban J connectivity index is 2.14. The first-order chi connectivity index (χ1) is 8.69. The van der Waals surface area contributed by atoms with Crippen LogP contribution >= 0.6 is 22.6 Å². The molecule has 2 nitrogen and oxygen atoms in total. The molecule has 0 spiro atoms. The smallest absolute Gasteiger partial charge is 0.0991 e. The molecule has 18 heavy (non-hydrogen) atoms. The number of anilines is 1. The van der Waals surface area contributed by atoms with Crippen molar-refractivity contribution in [3.8, 4) is 6.07 Å². The van der Waals surface area contributed by atoms with Gasteiger partial charge in [-0.3, -0.25) is 0 Å². The van der Waals surface area contributed by atoms with E-state index in [2.05, 4.69) is 65.2 Å². The SMILES string of the molecule is CC(Nc1ccc(I)cc1)c1cccc(C#N)c1. The van der Waals surface area contributed by atoms with E-state index in [0.717, 1.165) is 11.3 Å². The van der Waals surface area contributed by atoms with Crippen LogP contribution in [0.5, 0.6) is 0 Å². The molecular weight excluding hydrogens is 335 g/mol. The van der Waals surface area contributed by atoms with E-state index in [9.17, 15) is 0 Å². The van der Waals surface area contributed by atoms with E-state index < -0.39 is 0 Å². The van der Waals surface area contributed by atoms with E-state index in [1.165, 1.54) is 3.57 Å². The van der Waals surface area contributed by atoms with E-state index in [1.54, 1.807) is 0 Å². The van der Waals surface area contributed by atoms with Gasteiger partial charge in [0.25, 0.3) is 0 Å². The number of benzene rings is 2. The first-order valence-corrected chi connectivity index (χ1v) is 6.79. The van der Waals surface area contributed by atoms with E-state index >= 15 is 0 Å². The average Bonchev–Trinajstić information content (AvgIpc) is 2.41. The number of rotatable bonds is 3. The Kier molecular flexibility index (Phi) is 4.21. The Morgan fingerprint density at radius 2 is 1.89 bits per heavy atom. The first-order valence-electron chi connectivity index (χ1n) is 5.71. The Bertz CT molecular complexity index is 570. The number of hydrogen-bond donors (Lipinski definition) is 1. The molecule has 90 valence electrons. The van der Waals surface area contributed by atoms with Crippen LogP contribution in [0.2, 0.25) is 0 Å². The van der Waals surface area contributed by atoms with Crippen LogP contribution in [0.1, 0.15) is 24.1 Å². The fraction of sp³-hybridized carbons (Fsp3) is 0.133. The Labute approximate surface area is 121 Å². The number of halogens is 1. The van der Waals surface area contributed by atoms with Crippen molar-refractivity contribution in [2.45, 2.75) is 13.0 Å². The molecule has 0 aliphatic rings. The van der Waals surface area contributed by atoms with Crippen molar-refractivity contribution in [1.29, 1.82) is 5.26 Å². The highest BCUT2D eigenvalue weighted by molar-refractivity contribution is 14.1. The molecule has 1 unspecified atom stereocenters. The summed E-state index contributed by atoms with van der Waals surface area (Å²) in [5, 5.41) is 12.3. The second-order valence-corrected chi connectivity index (χ2v) is 5.36. The second kappa shape index (κ2) is 5.87. The lowest BCUT2D eigenvalue weighted by molar-refractivity contribution is 0.884. The molecule has 0 radical (unpaired) electrons. The molecule has 2 rings (SSSR count). The van der Waals surface area contributed by atoms with Crippen LogP contribution in [-0.2, 0) is 0 Å². The van der Waals surface area contributed by atoms with Gasteiger partial charge in [0.2, 0.25) is 0 Å². The van der Waals surface area contributed by atoms with Crippen molar-refractivity contribution in [3.63, 3.8) is 0 Å². The summed E-state index contributed by atoms with van der Waals surface area (Å²) >= 11 is 2.29. The van der Waals surface area contributed by atoms with E-state index in [-0.39, 0.29) is 6.04 Å². The summed E-state index contributed by atoms with van der Waals surface area (Å²) in [6.45, 7) is 2.09. The molecule has 0 bridgehead atoms. The zero-order valence-corrected chi connectivity index (χ0v) is 12.2. The molecule has 0 aliphatic carbocycles. The van der Waals surface area contributed by atoms with Gasteiger partial charge in [0.05, 0.1) is 11.6 Å². The minimum Gasteiger partial charge on any atom is -0.379 e. The molecule has 0 amide bonds. The Hall–Kier alpha value is -1.54. The Morgan fingerprint density at radius 3 is 2.56 bits per heavy atom. The molecule has 2 aromatic rings. The van der Waals surface area contributed by atoms with Crippen molar-refractivity contribution >= 4 is 28.3 Å². The maximum absolute atomic E-state index is 8.89. The predicted octanol–water partition coefficient (Wildman–Crippen LogP) is 4.34. The van der Waals surface area contributed by atoms with E-state index in [4.69, 9.17) is 5.26 Å². The predicted molar refractivity (Wildman–Crippen MR) is 82.4 cm³/mol. The molecular formula is C15H13IN2. The Morgan fingerprint density at radius 1 is 1.17 bits per heavy atom. The molecule has 0 saturated carbocycles. The highest BCUT2D eigenvalue weighted by Gasteiger charge is 2.05. The van der Waals surface area contributed by atoms with Gasteiger partial charge >= 0.3 is 0 Å². The van der Waals surface area contributed by atoms with E-state index in [0.29, 0.717) is 5.56 Å². The van der Waals surface area contributed by atoms with Crippen molar-refractivity contribution in [3.05, 3.63) is 63.2 Å². The maximum Gasteiger partial charge on any atom is 0.0991 e. The summed E-state index contributed by atoms with van der Waals surface area (Å²) in [5.74, 6) is 0. The highest BCUT2D eigenvalue weighted by Crippen LogP contribution is 2.20. The zero-order valence-electron chi connectivity index (χ0n) is 10.0. The van der Waals surface area contributed by atoms with Crippen LogP contribution in [0, 0.1) is 14.9 Å². The molecule has 1 N–H and O–H groups in total. The number of nitriles is 1. The van der Waals surface area contributed by atoms with Crippen LogP contribution in [0.15, 0.2) is 48.5 Å². The minimum absolute atomic E-state index is 0.179. The van der Waals surface area contributed by atoms with Gasteiger partial charge in [-0.05, 0) is 71.5 Å². The number of nitrogens with zero attached hydrogens (tertiary/aromatic N) is 1. The maximum atomic E-state index is 8.89. The molecule has 0 aliphatic heterocycles. The second-order valence-electron chi connectivity index (χ2n) is 4.11. The molecule has 0 fully saturated rings. The van der Waals surface area contributed by atoms with Gasteiger partial charge in [0.15, 0.2) is 0 Å². The van der Waals surface area contributed by atoms with Crippen LogP contribution in [0.3, 0.4) is 0 Å². The quantitative estimate of drug-likeness (QED) is 0.838. The summed E-state index contributed by atoms with van der Waals surface area (Å²) < 4.78 is 1.22. The lowest BCUT2D eigenvalue weighted by Gasteiger charge is -2.16. The summed E-state index contributed by atoms with van der Waals surface area (Å²) in [6, 6.07) is 18.3. The highest BCUT2D eigenvalue weighted by atomic mass is 127. The van der Waals surface area contributed by atoms with Gasteiger partial charge in [-0.15, -0.1) is 0 Å². The minimum atomic E-state index is 0.179. The first kappa shape index (κ1) is 12.9. The topological polar surface area (TPSA) is 35.8 Å². The fourth-order valence-corrected chi connectivity index (χ4v) is 2.12. The van der Waals surface area contributed by atoms with Crippen molar-refractivity contribution < 1.29 is 0 Å². The van der Waals surface area contributed by atoms with Gasteiger partial charge in [-0.1, -0.05) is 12.1 Å². The molecule has 3 heteroatoms. The van der Waals surface area contributed by atoms with Gasteiger partial charge < -0.3 is 5.32 Å². The van der Waals surface area contributed by atoms with Crippen LogP contribution in [0.4, 0.5) is 5.69 Å². The molecule has 0 heterocycles. The van der Waals surface area contributed by atoms with Gasteiger partial charge in [0, 0.05) is 15.3 Å². The van der Waals surface area contributed by atoms with Crippen LogP contribution in [0.25, 0.3) is 0 Å². The van der Waals surface area contributed by atoms with Crippen molar-refractivity contribution in [2.75, 3.05) is 5.32 Å². The van der Waals surface area contributed by atoms with E-state index in [1.807, 2.05) is 24.3 Å². The van der Waals surface area contributed by atoms with Crippen LogP contribution in [-0.4, -0.2) is 0 Å². The molecule has 2 aromatic carbocycles. The fourth-order valence-electron chi connectivity index (χ4n) is 1.76. The van der Waals surface area contributed by atoms with Gasteiger partial charge in [-0.25, -0.2) is 0 Å². The summed E-state index contributed by atoms with van der Waals surface area (Å²) in [7, 11) is 0. The summed E-state index contributed by atoms with van der Waals surface area (Å²) in [4.78, 5) is 0. The normalized spacial score (nSPS) is 11.6. The number of hydrogen-bond acceptors (Lipinski definition) is 2. The standard InChI is InChI=1S/C15H13IN2/c1-11(13-4-2-3-12(9-13)10-17)18-15-7-5-14(16)6-8-15/h2-9,11,18H,1H3. The van der Waals surface area contributed by atoms with Crippen molar-refractivity contribution in [2.24, 2.45) is 0 Å². The van der Waals surface area contributed by atoms with Gasteiger partial charge in [0.1, 0.15) is 0 Å². The van der Waals surface area contributed by atoms with Crippen molar-refractivity contribution in [1.82, 2.24) is 0 Å². The zero-order chi connectivity index (χ0) is 13.0. The van der Waals surface area contributed by atoms with Crippen LogP contribution < -0.4 is 5.32 Å². The number of nitrogens with one attached hydrogen (secondary N) is 1. The molecule has 1 atom stereocenters.